The third-order valence-electron chi connectivity index (χ3n) is 5.54. The second kappa shape index (κ2) is 10.5. The van der Waals surface area contributed by atoms with Gasteiger partial charge in [-0.15, -0.1) is 0 Å². The van der Waals surface area contributed by atoms with Crippen LogP contribution in [0.3, 0.4) is 0 Å². The lowest BCUT2D eigenvalue weighted by atomic mass is 10.0. The van der Waals surface area contributed by atoms with E-state index in [1.165, 1.54) is 4.90 Å². The second-order valence-electron chi connectivity index (χ2n) is 7.92. The number of aromatic nitrogens is 2. The summed E-state index contributed by atoms with van der Waals surface area (Å²) in [5.74, 6) is 0.975. The van der Waals surface area contributed by atoms with Crippen LogP contribution in [0.2, 0.25) is 5.02 Å². The Kier molecular flexibility index (Phi) is 7.24. The number of likely N-dealkylation sites (N-methyl/N-ethyl adjacent to an activating group) is 1. The number of rotatable bonds is 7. The van der Waals surface area contributed by atoms with Gasteiger partial charge in [-0.1, -0.05) is 47.1 Å². The van der Waals surface area contributed by atoms with Gasteiger partial charge >= 0.3 is 0 Å². The number of carbonyl (C=O) groups is 2. The van der Waals surface area contributed by atoms with Gasteiger partial charge in [-0.2, -0.15) is 4.98 Å². The van der Waals surface area contributed by atoms with Crippen molar-refractivity contribution in [3.63, 3.8) is 0 Å². The number of amides is 2. The minimum absolute atomic E-state index is 0.0528. The highest BCUT2D eigenvalue weighted by atomic mass is 35.5. The first-order chi connectivity index (χ1) is 16.0. The van der Waals surface area contributed by atoms with E-state index in [0.717, 1.165) is 24.8 Å². The number of benzene rings is 2. The standard InChI is InChI=1S/C24H25ClN4O4/c1-28(22(31)16-32-19-10-3-2-4-11-19)15-21(30)29-13-6-5-12-20(29)24-26-23(27-33-24)17-8-7-9-18(25)14-17/h2-4,7-11,14,20H,5-6,12-13,15-16H2,1H3. The smallest absolute Gasteiger partial charge is 0.260 e. The molecule has 172 valence electrons. The predicted octanol–water partition coefficient (Wildman–Crippen LogP) is 3.98. The van der Waals surface area contributed by atoms with E-state index in [1.807, 2.05) is 30.3 Å². The van der Waals surface area contributed by atoms with Gasteiger partial charge in [0.2, 0.25) is 17.6 Å². The van der Waals surface area contributed by atoms with Crippen LogP contribution in [0.1, 0.15) is 31.2 Å². The molecule has 2 aromatic carbocycles. The normalized spacial score (nSPS) is 15.8. The third-order valence-corrected chi connectivity index (χ3v) is 5.77. The minimum atomic E-state index is -0.323. The fraction of sp³-hybridized carbons (Fsp3) is 0.333. The summed E-state index contributed by atoms with van der Waals surface area (Å²) in [7, 11) is 1.59. The van der Waals surface area contributed by atoms with Crippen molar-refractivity contribution < 1.29 is 18.8 Å². The van der Waals surface area contributed by atoms with E-state index in [1.54, 1.807) is 36.2 Å². The first kappa shape index (κ1) is 22.8. The Hall–Kier alpha value is -3.39. The quantitative estimate of drug-likeness (QED) is 0.521. The summed E-state index contributed by atoms with van der Waals surface area (Å²) in [6, 6.07) is 16.0. The highest BCUT2D eigenvalue weighted by molar-refractivity contribution is 6.30. The van der Waals surface area contributed by atoms with Crippen LogP contribution in [-0.4, -0.2) is 58.5 Å². The van der Waals surface area contributed by atoms with E-state index >= 15 is 0 Å². The van der Waals surface area contributed by atoms with Gasteiger partial charge in [0.1, 0.15) is 11.8 Å². The van der Waals surface area contributed by atoms with Gasteiger partial charge in [0.05, 0.1) is 6.54 Å². The molecule has 2 amide bonds. The molecule has 3 aromatic rings. The van der Waals surface area contributed by atoms with Crippen molar-refractivity contribution in [1.29, 1.82) is 0 Å². The van der Waals surface area contributed by atoms with Gasteiger partial charge in [0.25, 0.3) is 5.91 Å². The van der Waals surface area contributed by atoms with Crippen molar-refractivity contribution in [1.82, 2.24) is 19.9 Å². The second-order valence-corrected chi connectivity index (χ2v) is 8.35. The fourth-order valence-corrected chi connectivity index (χ4v) is 3.95. The molecule has 33 heavy (non-hydrogen) atoms. The molecule has 1 fully saturated rings. The Labute approximate surface area is 197 Å². The Balaban J connectivity index is 1.39. The molecule has 1 aliphatic heterocycles. The zero-order chi connectivity index (χ0) is 23.2. The van der Waals surface area contributed by atoms with Crippen molar-refractivity contribution in [2.75, 3.05) is 26.7 Å². The number of ether oxygens (including phenoxy) is 1. The molecule has 9 heteroatoms. The lowest BCUT2D eigenvalue weighted by molar-refractivity contribution is -0.143. The average Bonchev–Trinajstić information content (AvgIpc) is 3.33. The zero-order valence-electron chi connectivity index (χ0n) is 18.3. The molecule has 0 bridgehead atoms. The van der Waals surface area contributed by atoms with Crippen LogP contribution < -0.4 is 4.74 Å². The molecule has 1 saturated heterocycles. The number of hydrogen-bond donors (Lipinski definition) is 0. The molecule has 4 rings (SSSR count). The van der Waals surface area contributed by atoms with Crippen LogP contribution in [0.25, 0.3) is 11.4 Å². The summed E-state index contributed by atoms with van der Waals surface area (Å²) in [5, 5.41) is 4.66. The zero-order valence-corrected chi connectivity index (χ0v) is 19.1. The summed E-state index contributed by atoms with van der Waals surface area (Å²) in [5.41, 5.74) is 0.745. The van der Waals surface area contributed by atoms with E-state index in [0.29, 0.717) is 29.0 Å². The van der Waals surface area contributed by atoms with Gasteiger partial charge in [-0.25, -0.2) is 0 Å². The summed E-state index contributed by atoms with van der Waals surface area (Å²) in [6.45, 7) is 0.383. The van der Waals surface area contributed by atoms with Crippen molar-refractivity contribution in [2.24, 2.45) is 0 Å². The van der Waals surface area contributed by atoms with E-state index < -0.39 is 0 Å². The molecular formula is C24H25ClN4O4. The molecule has 1 aromatic heterocycles. The lowest BCUT2D eigenvalue weighted by Crippen LogP contribution is -2.45. The van der Waals surface area contributed by atoms with Crippen LogP contribution in [0.4, 0.5) is 0 Å². The average molecular weight is 469 g/mol. The van der Waals surface area contributed by atoms with E-state index in [2.05, 4.69) is 10.1 Å². The molecule has 0 saturated carbocycles. The molecule has 1 unspecified atom stereocenters. The van der Waals surface area contributed by atoms with E-state index in [4.69, 9.17) is 20.9 Å². The van der Waals surface area contributed by atoms with E-state index in [9.17, 15) is 9.59 Å². The van der Waals surface area contributed by atoms with Crippen LogP contribution in [0.15, 0.2) is 59.1 Å². The lowest BCUT2D eigenvalue weighted by Gasteiger charge is -2.34. The first-order valence-corrected chi connectivity index (χ1v) is 11.2. The SMILES string of the molecule is CN(CC(=O)N1CCCCC1c1nc(-c2cccc(Cl)c2)no1)C(=O)COc1ccccc1. The summed E-state index contributed by atoms with van der Waals surface area (Å²) >= 11 is 6.07. The van der Waals surface area contributed by atoms with Gasteiger partial charge in [0.15, 0.2) is 6.61 Å². The number of hydrogen-bond acceptors (Lipinski definition) is 6. The Morgan fingerprint density at radius 1 is 1.18 bits per heavy atom. The maximum absolute atomic E-state index is 13.1. The monoisotopic (exact) mass is 468 g/mol. The summed E-state index contributed by atoms with van der Waals surface area (Å²) < 4.78 is 11.0. The first-order valence-electron chi connectivity index (χ1n) is 10.8. The molecule has 2 heterocycles. The highest BCUT2D eigenvalue weighted by Gasteiger charge is 2.33. The minimum Gasteiger partial charge on any atom is -0.484 e. The Morgan fingerprint density at radius 3 is 2.79 bits per heavy atom. The van der Waals surface area contributed by atoms with Gasteiger partial charge in [-0.05, 0) is 43.5 Å². The summed E-state index contributed by atoms with van der Waals surface area (Å²) in [6.07, 6.45) is 2.55. The topological polar surface area (TPSA) is 88.8 Å². The van der Waals surface area contributed by atoms with Gasteiger partial charge in [0, 0.05) is 24.2 Å². The molecule has 1 aliphatic rings. The number of carbonyl (C=O) groups excluding carboxylic acids is 2. The van der Waals surface area contributed by atoms with Crippen molar-refractivity contribution >= 4 is 23.4 Å². The van der Waals surface area contributed by atoms with Gasteiger partial charge in [-0.3, -0.25) is 9.59 Å². The van der Waals surface area contributed by atoms with Crippen molar-refractivity contribution in [2.45, 2.75) is 25.3 Å². The predicted molar refractivity (Wildman–Crippen MR) is 123 cm³/mol. The van der Waals surface area contributed by atoms with Crippen LogP contribution in [0.5, 0.6) is 5.75 Å². The van der Waals surface area contributed by atoms with Crippen LogP contribution in [0, 0.1) is 0 Å². The van der Waals surface area contributed by atoms with Crippen LogP contribution >= 0.6 is 11.6 Å². The number of piperidine rings is 1. The van der Waals surface area contributed by atoms with E-state index in [-0.39, 0.29) is 31.0 Å². The summed E-state index contributed by atoms with van der Waals surface area (Å²) in [4.78, 5) is 33.2. The maximum Gasteiger partial charge on any atom is 0.260 e. The highest BCUT2D eigenvalue weighted by Crippen LogP contribution is 2.31. The number of nitrogens with zero attached hydrogens (tertiary/aromatic N) is 4. The number of halogens is 1. The molecule has 1 atom stereocenters. The largest absolute Gasteiger partial charge is 0.484 e. The fourth-order valence-electron chi connectivity index (χ4n) is 3.76. The molecule has 0 N–H and O–H groups in total. The third kappa shape index (κ3) is 5.70. The number of para-hydroxylation sites is 1. The molecule has 0 radical (unpaired) electrons. The molecule has 0 spiro atoms. The van der Waals surface area contributed by atoms with Crippen molar-refractivity contribution in [3.05, 3.63) is 65.5 Å². The Morgan fingerprint density at radius 2 is 2.00 bits per heavy atom. The van der Waals surface area contributed by atoms with Crippen molar-refractivity contribution in [3.8, 4) is 17.1 Å². The Bertz CT molecular complexity index is 1100. The molecular weight excluding hydrogens is 444 g/mol. The van der Waals surface area contributed by atoms with Crippen LogP contribution in [-0.2, 0) is 9.59 Å². The molecule has 0 aliphatic carbocycles. The maximum atomic E-state index is 13.1. The number of likely N-dealkylation sites (tertiary alicyclic amines) is 1. The van der Waals surface area contributed by atoms with Gasteiger partial charge < -0.3 is 19.1 Å². The molecule has 8 nitrogen and oxygen atoms in total.